The molecule has 2 saturated heterocycles. The van der Waals surface area contributed by atoms with Gasteiger partial charge in [-0.1, -0.05) is 49.9 Å². The number of nitrogens with one attached hydrogen (secondary N) is 3. The third-order valence-electron chi connectivity index (χ3n) is 8.54. The van der Waals surface area contributed by atoms with Crippen molar-refractivity contribution in [3.63, 3.8) is 0 Å². The van der Waals surface area contributed by atoms with E-state index in [2.05, 4.69) is 22.5 Å². The Hall–Kier alpha value is -4.67. The van der Waals surface area contributed by atoms with Crippen LogP contribution >= 0.6 is 0 Å². The summed E-state index contributed by atoms with van der Waals surface area (Å²) < 4.78 is 10.9. The third kappa shape index (κ3) is 8.74. The summed E-state index contributed by atoms with van der Waals surface area (Å²) in [4.78, 5) is 68.6. The average Bonchev–Trinajstić information content (AvgIpc) is 3.56. The molecule has 0 saturated carbocycles. The maximum atomic E-state index is 14.0. The Bertz CT molecular complexity index is 1400. The second-order valence-electron chi connectivity index (χ2n) is 11.9. The summed E-state index contributed by atoms with van der Waals surface area (Å²) in [5.41, 5.74) is -0.0839. The Balaban J connectivity index is 1.47. The van der Waals surface area contributed by atoms with E-state index >= 15 is 0 Å². The van der Waals surface area contributed by atoms with Crippen molar-refractivity contribution in [1.29, 1.82) is 0 Å². The first-order valence-corrected chi connectivity index (χ1v) is 15.9. The smallest absolute Gasteiger partial charge is 0.338 e. The van der Waals surface area contributed by atoms with Gasteiger partial charge in [0.15, 0.2) is 0 Å². The molecule has 2 aromatic carbocycles. The van der Waals surface area contributed by atoms with Crippen molar-refractivity contribution in [2.24, 2.45) is 0 Å². The topological polar surface area (TPSA) is 143 Å². The first kappa shape index (κ1) is 34.2. The highest BCUT2D eigenvalue weighted by Crippen LogP contribution is 2.23. The van der Waals surface area contributed by atoms with E-state index in [4.69, 9.17) is 9.47 Å². The third-order valence-corrected chi connectivity index (χ3v) is 8.54. The number of carbonyl (C=O) groups is 5. The standard InChI is InChI=1S/C35H44N4O7/c1-4-21-45-26-18-16-24(17-19-26)23-28-32(42)39-20-11-15-29(39)31(41)36-27(30(40)38-35(3,5-2)34(44)37-28)14-9-10-22-46-33(43)25-12-7-6-8-13-25/h4,6-8,12-13,16-19,27-29H,1,5,9-11,14-15,20-23H2,2-3H3,(H,36,41)(H,37,44)(H,38,40)/t27-,28-,29+,35-/m0/s1. The summed E-state index contributed by atoms with van der Waals surface area (Å²) in [7, 11) is 0. The largest absolute Gasteiger partial charge is 0.490 e. The zero-order valence-electron chi connectivity index (χ0n) is 26.6. The molecule has 0 aromatic heterocycles. The van der Waals surface area contributed by atoms with Gasteiger partial charge in [-0.15, -0.1) is 0 Å². The molecule has 11 nitrogen and oxygen atoms in total. The lowest BCUT2D eigenvalue weighted by atomic mass is 9.94. The minimum Gasteiger partial charge on any atom is -0.490 e. The van der Waals surface area contributed by atoms with Crippen LogP contribution in [0.2, 0.25) is 0 Å². The highest BCUT2D eigenvalue weighted by molar-refractivity contribution is 5.99. The van der Waals surface area contributed by atoms with Crippen molar-refractivity contribution >= 4 is 29.6 Å². The second kappa shape index (κ2) is 16.1. The minimum absolute atomic E-state index is 0.155. The van der Waals surface area contributed by atoms with Gasteiger partial charge in [0, 0.05) is 13.0 Å². The van der Waals surface area contributed by atoms with Crippen LogP contribution in [0.3, 0.4) is 0 Å². The number of rotatable bonds is 12. The first-order valence-electron chi connectivity index (χ1n) is 15.9. The quantitative estimate of drug-likeness (QED) is 0.185. The summed E-state index contributed by atoms with van der Waals surface area (Å²) in [6.45, 7) is 7.91. The molecule has 2 fully saturated rings. The number of fused-ring (bicyclic) bond motifs is 1. The SMILES string of the molecule is C=CCOc1ccc(C[C@@H]2NC(=O)[C@](C)(CC)NC(=O)[C@H](CCCCOC(=O)c3ccccc3)NC(=O)[C@H]3CCCN3C2=O)cc1. The van der Waals surface area contributed by atoms with Gasteiger partial charge in [-0.3, -0.25) is 19.2 Å². The van der Waals surface area contributed by atoms with Crippen LogP contribution in [-0.2, 0) is 30.3 Å². The lowest BCUT2D eigenvalue weighted by Crippen LogP contribution is -2.65. The molecule has 246 valence electrons. The van der Waals surface area contributed by atoms with E-state index in [9.17, 15) is 24.0 Å². The fourth-order valence-electron chi connectivity index (χ4n) is 5.61. The zero-order chi connectivity index (χ0) is 33.1. The Kier molecular flexibility index (Phi) is 11.9. The molecule has 4 atom stereocenters. The van der Waals surface area contributed by atoms with Crippen LogP contribution in [0.1, 0.15) is 68.3 Å². The fraction of sp³-hybridized carbons (Fsp3) is 0.457. The molecule has 46 heavy (non-hydrogen) atoms. The van der Waals surface area contributed by atoms with Crippen LogP contribution in [-0.4, -0.2) is 77.9 Å². The van der Waals surface area contributed by atoms with E-state index in [0.717, 1.165) is 5.56 Å². The molecule has 0 spiro atoms. The van der Waals surface area contributed by atoms with Crippen molar-refractivity contribution in [2.75, 3.05) is 19.8 Å². The second-order valence-corrected chi connectivity index (χ2v) is 11.9. The number of ether oxygens (including phenoxy) is 2. The molecular weight excluding hydrogens is 588 g/mol. The Labute approximate surface area is 270 Å². The van der Waals surface area contributed by atoms with Crippen molar-refractivity contribution in [3.05, 3.63) is 78.4 Å². The summed E-state index contributed by atoms with van der Waals surface area (Å²) in [6.07, 6.45) is 4.38. The summed E-state index contributed by atoms with van der Waals surface area (Å²) in [5, 5.41) is 8.61. The summed E-state index contributed by atoms with van der Waals surface area (Å²) in [6, 6.07) is 13.3. The molecule has 2 aliphatic rings. The molecule has 0 radical (unpaired) electrons. The molecule has 0 aliphatic carbocycles. The molecule has 4 amide bonds. The van der Waals surface area contributed by atoms with Crippen molar-refractivity contribution in [1.82, 2.24) is 20.9 Å². The van der Waals surface area contributed by atoms with Gasteiger partial charge in [-0.05, 0) is 75.3 Å². The number of esters is 1. The van der Waals surface area contributed by atoms with Crippen LogP contribution in [0.25, 0.3) is 0 Å². The first-order chi connectivity index (χ1) is 22.1. The van der Waals surface area contributed by atoms with Crippen LogP contribution in [0.4, 0.5) is 0 Å². The zero-order valence-corrected chi connectivity index (χ0v) is 26.6. The predicted molar refractivity (Wildman–Crippen MR) is 172 cm³/mol. The van der Waals surface area contributed by atoms with E-state index in [0.29, 0.717) is 50.1 Å². The molecule has 11 heteroatoms. The van der Waals surface area contributed by atoms with Gasteiger partial charge in [-0.2, -0.15) is 0 Å². The minimum atomic E-state index is -1.34. The monoisotopic (exact) mass is 632 g/mol. The van der Waals surface area contributed by atoms with Gasteiger partial charge in [0.05, 0.1) is 12.2 Å². The lowest BCUT2D eigenvalue weighted by Gasteiger charge is -2.36. The molecule has 2 aliphatic heterocycles. The Morgan fingerprint density at radius 2 is 1.74 bits per heavy atom. The number of carbonyl (C=O) groups excluding carboxylic acids is 5. The van der Waals surface area contributed by atoms with Crippen molar-refractivity contribution in [3.8, 4) is 5.75 Å². The molecule has 4 rings (SSSR count). The Morgan fingerprint density at radius 3 is 2.43 bits per heavy atom. The number of unbranched alkanes of at least 4 members (excludes halogenated alkanes) is 1. The van der Waals surface area contributed by atoms with Crippen molar-refractivity contribution < 1.29 is 33.4 Å². The number of amides is 4. The summed E-state index contributed by atoms with van der Waals surface area (Å²) >= 11 is 0. The number of benzene rings is 2. The summed E-state index contributed by atoms with van der Waals surface area (Å²) in [5.74, 6) is -1.51. The maximum absolute atomic E-state index is 14.0. The number of hydrogen-bond acceptors (Lipinski definition) is 7. The van der Waals surface area contributed by atoms with Gasteiger partial charge in [0.1, 0.15) is 36.0 Å². The molecule has 0 bridgehead atoms. The molecule has 2 heterocycles. The molecular formula is C35H44N4O7. The van der Waals surface area contributed by atoms with Gasteiger partial charge >= 0.3 is 5.97 Å². The van der Waals surface area contributed by atoms with Crippen LogP contribution < -0.4 is 20.7 Å². The lowest BCUT2D eigenvalue weighted by molar-refractivity contribution is -0.144. The van der Waals surface area contributed by atoms with E-state index in [1.54, 1.807) is 56.3 Å². The average molecular weight is 633 g/mol. The van der Waals surface area contributed by atoms with Crippen LogP contribution in [0.15, 0.2) is 67.3 Å². The van der Waals surface area contributed by atoms with Gasteiger partial charge in [0.25, 0.3) is 0 Å². The number of nitrogens with zero attached hydrogens (tertiary/aromatic N) is 1. The van der Waals surface area contributed by atoms with Gasteiger partial charge in [0.2, 0.25) is 23.6 Å². The fourth-order valence-corrected chi connectivity index (χ4v) is 5.61. The van der Waals surface area contributed by atoms with E-state index in [1.807, 2.05) is 18.2 Å². The molecule has 3 N–H and O–H groups in total. The Morgan fingerprint density at radius 1 is 1.00 bits per heavy atom. The molecule has 0 unspecified atom stereocenters. The maximum Gasteiger partial charge on any atom is 0.338 e. The molecule has 2 aromatic rings. The highest BCUT2D eigenvalue weighted by atomic mass is 16.5. The highest BCUT2D eigenvalue weighted by Gasteiger charge is 2.43. The van der Waals surface area contributed by atoms with Crippen LogP contribution in [0.5, 0.6) is 5.75 Å². The predicted octanol–water partition coefficient (Wildman–Crippen LogP) is 3.08. The van der Waals surface area contributed by atoms with Crippen molar-refractivity contribution in [2.45, 2.75) is 82.5 Å². The normalized spacial score (nSPS) is 23.6. The number of hydrogen-bond donors (Lipinski definition) is 3. The van der Waals surface area contributed by atoms with E-state index in [1.165, 1.54) is 4.90 Å². The van der Waals surface area contributed by atoms with Gasteiger partial charge < -0.3 is 30.3 Å². The van der Waals surface area contributed by atoms with Gasteiger partial charge in [-0.25, -0.2) is 4.79 Å². The van der Waals surface area contributed by atoms with E-state index < -0.39 is 47.4 Å². The van der Waals surface area contributed by atoms with Crippen LogP contribution in [0, 0.1) is 0 Å². The van der Waals surface area contributed by atoms with E-state index in [-0.39, 0.29) is 31.8 Å².